The fourth-order valence-electron chi connectivity index (χ4n) is 3.79. The van der Waals surface area contributed by atoms with Crippen LogP contribution in [0.25, 0.3) is 11.5 Å². The predicted octanol–water partition coefficient (Wildman–Crippen LogP) is 3.83. The summed E-state index contributed by atoms with van der Waals surface area (Å²) in [5.74, 6) is 1.65. The topological polar surface area (TPSA) is 102 Å². The van der Waals surface area contributed by atoms with Crippen LogP contribution in [0.15, 0.2) is 51.1 Å². The summed E-state index contributed by atoms with van der Waals surface area (Å²) in [6.45, 7) is 5.23. The van der Waals surface area contributed by atoms with E-state index in [2.05, 4.69) is 10.3 Å². The molecular weight excluding hydrogens is 462 g/mol. The number of nitrogens with one attached hydrogen (secondary N) is 1. The quantitative estimate of drug-likeness (QED) is 0.516. The van der Waals surface area contributed by atoms with Gasteiger partial charge in [-0.1, -0.05) is 0 Å². The molecule has 33 heavy (non-hydrogen) atoms. The number of hydrogen-bond acceptors (Lipinski definition) is 7. The maximum Gasteiger partial charge on any atom is 0.243 e. The third kappa shape index (κ3) is 5.45. The number of sulfonamides is 1. The van der Waals surface area contributed by atoms with Gasteiger partial charge in [0.15, 0.2) is 5.76 Å². The lowest BCUT2D eigenvalue weighted by molar-refractivity contribution is -0.126. The zero-order valence-electron chi connectivity index (χ0n) is 18.6. The first-order chi connectivity index (χ1) is 15.9. The molecule has 10 heteroatoms. The fourth-order valence-corrected chi connectivity index (χ4v) is 5.86. The van der Waals surface area contributed by atoms with Gasteiger partial charge < -0.3 is 14.5 Å². The third-order valence-electron chi connectivity index (χ3n) is 5.57. The average molecular weight is 490 g/mol. The molecule has 1 fully saturated rings. The lowest BCUT2D eigenvalue weighted by Crippen LogP contribution is -2.42. The lowest BCUT2D eigenvalue weighted by Gasteiger charge is -2.30. The van der Waals surface area contributed by atoms with E-state index >= 15 is 0 Å². The van der Waals surface area contributed by atoms with E-state index in [1.54, 1.807) is 35.6 Å². The molecule has 0 unspecified atom stereocenters. The minimum Gasteiger partial charge on any atom is -0.494 e. The number of amides is 1. The Hall–Kier alpha value is -2.69. The normalized spacial score (nSPS) is 15.5. The number of carbonyl (C=O) groups excluding carboxylic acids is 1. The van der Waals surface area contributed by atoms with Crippen molar-refractivity contribution in [3.8, 4) is 17.2 Å². The molecule has 0 atom stereocenters. The van der Waals surface area contributed by atoms with E-state index in [1.807, 2.05) is 31.4 Å². The van der Waals surface area contributed by atoms with Crippen molar-refractivity contribution in [3.63, 3.8) is 0 Å². The van der Waals surface area contributed by atoms with Gasteiger partial charge >= 0.3 is 0 Å². The van der Waals surface area contributed by atoms with Gasteiger partial charge in [-0.3, -0.25) is 4.79 Å². The molecule has 3 aromatic rings. The van der Waals surface area contributed by atoms with Crippen molar-refractivity contribution in [3.05, 3.63) is 52.5 Å². The van der Waals surface area contributed by atoms with E-state index < -0.39 is 10.0 Å². The molecule has 1 aromatic carbocycles. The number of aryl methyl sites for hydroxylation is 1. The molecule has 0 spiro atoms. The van der Waals surface area contributed by atoms with Crippen molar-refractivity contribution in [2.24, 2.45) is 5.92 Å². The van der Waals surface area contributed by atoms with Crippen molar-refractivity contribution in [1.82, 2.24) is 14.6 Å². The number of thiazole rings is 1. The van der Waals surface area contributed by atoms with Gasteiger partial charge in [-0.15, -0.1) is 11.3 Å². The predicted molar refractivity (Wildman–Crippen MR) is 125 cm³/mol. The number of benzene rings is 1. The number of hydrogen-bond donors (Lipinski definition) is 1. The highest BCUT2D eigenvalue weighted by Crippen LogP contribution is 2.26. The lowest BCUT2D eigenvalue weighted by atomic mass is 9.97. The van der Waals surface area contributed by atoms with Gasteiger partial charge in [-0.25, -0.2) is 13.4 Å². The molecule has 4 rings (SSSR count). The van der Waals surface area contributed by atoms with Crippen LogP contribution in [-0.2, 0) is 21.4 Å². The molecule has 8 nitrogen and oxygen atoms in total. The second kappa shape index (κ2) is 10.1. The molecule has 2 aromatic heterocycles. The fraction of sp³-hybridized carbons (Fsp3) is 0.391. The van der Waals surface area contributed by atoms with Crippen LogP contribution >= 0.6 is 11.3 Å². The molecule has 0 radical (unpaired) electrons. The SMILES string of the molecule is CCOc1ccc(S(=O)(=O)N2CCC(C(=O)NCc3ccc(-c4csc(C)n4)o3)CC2)cc1. The van der Waals surface area contributed by atoms with E-state index in [4.69, 9.17) is 9.15 Å². The van der Waals surface area contributed by atoms with Crippen LogP contribution in [0.3, 0.4) is 0 Å². The van der Waals surface area contributed by atoms with E-state index in [0.717, 1.165) is 10.7 Å². The van der Waals surface area contributed by atoms with Crippen LogP contribution in [0.1, 0.15) is 30.5 Å². The second-order valence-electron chi connectivity index (χ2n) is 7.82. The number of piperidine rings is 1. The summed E-state index contributed by atoms with van der Waals surface area (Å²) < 4.78 is 38.5. The Bertz CT molecular complexity index is 1190. The molecule has 1 saturated heterocycles. The van der Waals surface area contributed by atoms with Gasteiger partial charge in [-0.05, 0) is 63.1 Å². The van der Waals surface area contributed by atoms with E-state index in [1.165, 1.54) is 4.31 Å². The first kappa shape index (κ1) is 23.5. The Morgan fingerprint density at radius 1 is 1.21 bits per heavy atom. The summed E-state index contributed by atoms with van der Waals surface area (Å²) in [6, 6.07) is 10.1. The highest BCUT2D eigenvalue weighted by molar-refractivity contribution is 7.89. The van der Waals surface area contributed by atoms with Crippen molar-refractivity contribution >= 4 is 27.3 Å². The van der Waals surface area contributed by atoms with Crippen molar-refractivity contribution in [2.75, 3.05) is 19.7 Å². The first-order valence-corrected chi connectivity index (χ1v) is 13.2. The Balaban J connectivity index is 1.28. The van der Waals surface area contributed by atoms with Crippen LogP contribution in [0.5, 0.6) is 5.75 Å². The summed E-state index contributed by atoms with van der Waals surface area (Å²) in [7, 11) is -3.59. The Kier molecular flexibility index (Phi) is 7.16. The van der Waals surface area contributed by atoms with Crippen molar-refractivity contribution in [2.45, 2.75) is 38.1 Å². The van der Waals surface area contributed by atoms with Crippen LogP contribution in [0.4, 0.5) is 0 Å². The van der Waals surface area contributed by atoms with Crippen LogP contribution in [0, 0.1) is 12.8 Å². The first-order valence-electron chi connectivity index (χ1n) is 10.9. The monoisotopic (exact) mass is 489 g/mol. The minimum absolute atomic E-state index is 0.0874. The Morgan fingerprint density at radius 3 is 2.58 bits per heavy atom. The van der Waals surface area contributed by atoms with Crippen LogP contribution < -0.4 is 10.1 Å². The maximum absolute atomic E-state index is 12.9. The zero-order chi connectivity index (χ0) is 23.4. The summed E-state index contributed by atoms with van der Waals surface area (Å²) in [6.07, 6.45) is 0.952. The summed E-state index contributed by atoms with van der Waals surface area (Å²) in [4.78, 5) is 17.3. The van der Waals surface area contributed by atoms with E-state index in [9.17, 15) is 13.2 Å². The molecular formula is C23H27N3O5S2. The van der Waals surface area contributed by atoms with Gasteiger partial charge in [0, 0.05) is 24.4 Å². The molecule has 1 aliphatic heterocycles. The van der Waals surface area contributed by atoms with Gasteiger partial charge in [0.2, 0.25) is 15.9 Å². The van der Waals surface area contributed by atoms with Crippen molar-refractivity contribution < 1.29 is 22.4 Å². The van der Waals surface area contributed by atoms with Crippen LogP contribution in [0.2, 0.25) is 0 Å². The highest BCUT2D eigenvalue weighted by atomic mass is 32.2. The molecule has 0 bridgehead atoms. The van der Waals surface area contributed by atoms with Gasteiger partial charge in [0.05, 0.1) is 23.1 Å². The smallest absolute Gasteiger partial charge is 0.243 e. The molecule has 1 amide bonds. The number of nitrogens with zero attached hydrogens (tertiary/aromatic N) is 2. The molecule has 0 aliphatic carbocycles. The Labute approximate surface area is 197 Å². The van der Waals surface area contributed by atoms with Gasteiger partial charge in [0.25, 0.3) is 0 Å². The number of furan rings is 1. The standard InChI is InChI=1S/C23H27N3O5S2/c1-3-30-18-4-7-20(8-5-18)33(28,29)26-12-10-17(11-13-26)23(27)24-14-19-6-9-22(31-19)21-15-32-16(2)25-21/h4-9,15,17H,3,10-14H2,1-2H3,(H,24,27). The number of carbonyl (C=O) groups is 1. The highest BCUT2D eigenvalue weighted by Gasteiger charge is 2.32. The van der Waals surface area contributed by atoms with Gasteiger partial charge in [0.1, 0.15) is 17.2 Å². The van der Waals surface area contributed by atoms with Crippen molar-refractivity contribution in [1.29, 1.82) is 0 Å². The van der Waals surface area contributed by atoms with Crippen LogP contribution in [-0.4, -0.2) is 43.3 Å². The zero-order valence-corrected chi connectivity index (χ0v) is 20.2. The molecule has 3 heterocycles. The summed E-state index contributed by atoms with van der Waals surface area (Å²) >= 11 is 1.56. The molecule has 1 aliphatic rings. The third-order valence-corrected chi connectivity index (χ3v) is 8.25. The minimum atomic E-state index is -3.59. The maximum atomic E-state index is 12.9. The number of ether oxygens (including phenoxy) is 1. The Morgan fingerprint density at radius 2 is 1.94 bits per heavy atom. The average Bonchev–Trinajstić information content (AvgIpc) is 3.47. The number of aromatic nitrogens is 1. The molecule has 0 saturated carbocycles. The van der Waals surface area contributed by atoms with E-state index in [0.29, 0.717) is 49.8 Å². The molecule has 176 valence electrons. The number of rotatable bonds is 8. The molecule has 1 N–H and O–H groups in total. The van der Waals surface area contributed by atoms with Gasteiger partial charge in [-0.2, -0.15) is 4.31 Å². The summed E-state index contributed by atoms with van der Waals surface area (Å²) in [5, 5.41) is 5.81. The summed E-state index contributed by atoms with van der Waals surface area (Å²) in [5.41, 5.74) is 0.788. The largest absolute Gasteiger partial charge is 0.494 e. The van der Waals surface area contributed by atoms with E-state index in [-0.39, 0.29) is 23.3 Å². The second-order valence-corrected chi connectivity index (χ2v) is 10.8.